The number of nitrogens with one attached hydrogen (secondary N) is 1. The van der Waals surface area contributed by atoms with Crippen LogP contribution in [-0.4, -0.2) is 32.7 Å². The Morgan fingerprint density at radius 3 is 2.45 bits per heavy atom. The van der Waals surface area contributed by atoms with Crippen molar-refractivity contribution in [1.29, 1.82) is 0 Å². The summed E-state index contributed by atoms with van der Waals surface area (Å²) in [4.78, 5) is 11.8. The SMILES string of the molecule is COc1cc(F)cc(C(=O)NC2CC(S(=O)(=O)c3cccc(C(F)(F)F)c3)C2)c1. The number of amides is 1. The zero-order chi connectivity index (χ0) is 21.4. The molecule has 0 aliphatic heterocycles. The van der Waals surface area contributed by atoms with Gasteiger partial charge in [-0.05, 0) is 43.2 Å². The van der Waals surface area contributed by atoms with Crippen molar-refractivity contribution in [2.75, 3.05) is 7.11 Å². The first kappa shape index (κ1) is 21.1. The lowest BCUT2D eigenvalue weighted by molar-refractivity contribution is -0.137. The Morgan fingerprint density at radius 2 is 1.83 bits per heavy atom. The lowest BCUT2D eigenvalue weighted by atomic mass is 9.92. The summed E-state index contributed by atoms with van der Waals surface area (Å²) in [6.45, 7) is 0. The van der Waals surface area contributed by atoms with Gasteiger partial charge in [0.25, 0.3) is 5.91 Å². The van der Waals surface area contributed by atoms with Gasteiger partial charge in [-0.3, -0.25) is 4.79 Å². The zero-order valence-electron chi connectivity index (χ0n) is 15.2. The smallest absolute Gasteiger partial charge is 0.416 e. The molecular formula is C19H17F4NO4S. The van der Waals surface area contributed by atoms with Gasteiger partial charge < -0.3 is 10.1 Å². The molecule has 1 N–H and O–H groups in total. The molecule has 1 aliphatic carbocycles. The highest BCUT2D eigenvalue weighted by Gasteiger charge is 2.41. The second kappa shape index (κ2) is 7.66. The van der Waals surface area contributed by atoms with Crippen LogP contribution in [0.4, 0.5) is 17.6 Å². The minimum Gasteiger partial charge on any atom is -0.497 e. The van der Waals surface area contributed by atoms with Crippen LogP contribution in [0.3, 0.4) is 0 Å². The number of carbonyl (C=O) groups is 1. The van der Waals surface area contributed by atoms with Crippen LogP contribution in [0.15, 0.2) is 47.4 Å². The van der Waals surface area contributed by atoms with E-state index < -0.39 is 49.5 Å². The molecule has 0 radical (unpaired) electrons. The molecule has 0 bridgehead atoms. The minimum atomic E-state index is -4.65. The molecule has 156 valence electrons. The van der Waals surface area contributed by atoms with E-state index in [0.717, 1.165) is 30.3 Å². The molecule has 0 spiro atoms. The number of hydrogen-bond acceptors (Lipinski definition) is 4. The number of halogens is 4. The second-order valence-corrected chi connectivity index (χ2v) is 8.94. The van der Waals surface area contributed by atoms with E-state index in [-0.39, 0.29) is 24.2 Å². The summed E-state index contributed by atoms with van der Waals surface area (Å²) in [6.07, 6.45) is -4.54. The first-order valence-corrected chi connectivity index (χ1v) is 10.1. The normalized spacial score (nSPS) is 19.3. The summed E-state index contributed by atoms with van der Waals surface area (Å²) in [5, 5.41) is 1.69. The third kappa shape index (κ3) is 4.52. The maximum atomic E-state index is 13.5. The predicted molar refractivity (Wildman–Crippen MR) is 95.9 cm³/mol. The van der Waals surface area contributed by atoms with E-state index in [2.05, 4.69) is 5.32 Å². The van der Waals surface area contributed by atoms with Crippen LogP contribution in [0.2, 0.25) is 0 Å². The summed E-state index contributed by atoms with van der Waals surface area (Å²) < 4.78 is 82.0. The Bertz CT molecular complexity index is 1030. The number of benzene rings is 2. The number of rotatable bonds is 5. The Labute approximate surface area is 164 Å². The standard InChI is InChI=1S/C19H17F4NO4S/c1-28-15-6-11(5-13(20)8-15)18(25)24-14-9-17(10-14)29(26,27)16-4-2-3-12(7-16)19(21,22)23/h2-8,14,17H,9-10H2,1H3,(H,24,25). The highest BCUT2D eigenvalue weighted by molar-refractivity contribution is 7.92. The van der Waals surface area contributed by atoms with Gasteiger partial charge in [0.05, 0.1) is 22.8 Å². The first-order valence-electron chi connectivity index (χ1n) is 8.57. The third-order valence-corrected chi connectivity index (χ3v) is 6.90. The van der Waals surface area contributed by atoms with Gasteiger partial charge in [-0.1, -0.05) is 6.07 Å². The second-order valence-electron chi connectivity index (χ2n) is 6.71. The van der Waals surface area contributed by atoms with Gasteiger partial charge >= 0.3 is 6.18 Å². The molecule has 2 aromatic carbocycles. The largest absolute Gasteiger partial charge is 0.497 e. The molecule has 0 aromatic heterocycles. The minimum absolute atomic E-state index is 0.0195. The monoisotopic (exact) mass is 431 g/mol. The first-order chi connectivity index (χ1) is 13.5. The van der Waals surface area contributed by atoms with Gasteiger partial charge in [0.1, 0.15) is 11.6 Å². The van der Waals surface area contributed by atoms with Gasteiger partial charge in [0, 0.05) is 17.7 Å². The zero-order valence-corrected chi connectivity index (χ0v) is 16.0. The average Bonchev–Trinajstić information content (AvgIpc) is 2.62. The van der Waals surface area contributed by atoms with E-state index in [0.29, 0.717) is 6.07 Å². The Hall–Kier alpha value is -2.62. The van der Waals surface area contributed by atoms with Crippen molar-refractivity contribution in [3.05, 3.63) is 59.4 Å². The maximum absolute atomic E-state index is 13.5. The van der Waals surface area contributed by atoms with Gasteiger partial charge in [0.2, 0.25) is 0 Å². The van der Waals surface area contributed by atoms with Crippen molar-refractivity contribution in [3.63, 3.8) is 0 Å². The van der Waals surface area contributed by atoms with Gasteiger partial charge in [-0.2, -0.15) is 13.2 Å². The van der Waals surface area contributed by atoms with Crippen LogP contribution in [0.25, 0.3) is 0 Å². The fourth-order valence-electron chi connectivity index (χ4n) is 3.06. The van der Waals surface area contributed by atoms with Crippen LogP contribution in [0.1, 0.15) is 28.8 Å². The van der Waals surface area contributed by atoms with Crippen LogP contribution in [0.5, 0.6) is 5.75 Å². The molecule has 5 nitrogen and oxygen atoms in total. The molecule has 0 saturated heterocycles. The van der Waals surface area contributed by atoms with Gasteiger partial charge in [0.15, 0.2) is 9.84 Å². The molecule has 0 unspecified atom stereocenters. The maximum Gasteiger partial charge on any atom is 0.416 e. The number of sulfone groups is 1. The third-order valence-electron chi connectivity index (χ3n) is 4.73. The Balaban J connectivity index is 1.66. The molecule has 2 aromatic rings. The van der Waals surface area contributed by atoms with E-state index in [1.54, 1.807) is 0 Å². The van der Waals surface area contributed by atoms with Crippen molar-refractivity contribution >= 4 is 15.7 Å². The van der Waals surface area contributed by atoms with E-state index in [4.69, 9.17) is 4.74 Å². The van der Waals surface area contributed by atoms with Crippen LogP contribution < -0.4 is 10.1 Å². The van der Waals surface area contributed by atoms with Gasteiger partial charge in [-0.25, -0.2) is 12.8 Å². The van der Waals surface area contributed by atoms with Crippen molar-refractivity contribution < 1.29 is 35.5 Å². The molecule has 10 heteroatoms. The summed E-state index contributed by atoms with van der Waals surface area (Å²) in [6, 6.07) is 6.57. The lowest BCUT2D eigenvalue weighted by Crippen LogP contribution is -2.49. The lowest BCUT2D eigenvalue weighted by Gasteiger charge is -2.35. The molecule has 1 fully saturated rings. The molecular weight excluding hydrogens is 414 g/mol. The number of carbonyl (C=O) groups excluding carboxylic acids is 1. The molecule has 1 aliphatic rings. The topological polar surface area (TPSA) is 72.5 Å². The number of ether oxygens (including phenoxy) is 1. The number of hydrogen-bond donors (Lipinski definition) is 1. The van der Waals surface area contributed by atoms with E-state index in [1.165, 1.54) is 13.2 Å². The quantitative estimate of drug-likeness (QED) is 0.735. The molecule has 1 amide bonds. The summed E-state index contributed by atoms with van der Waals surface area (Å²) in [5.74, 6) is -1.09. The Kier molecular flexibility index (Phi) is 5.57. The Morgan fingerprint density at radius 1 is 1.14 bits per heavy atom. The molecule has 29 heavy (non-hydrogen) atoms. The highest BCUT2D eigenvalue weighted by atomic mass is 32.2. The van der Waals surface area contributed by atoms with E-state index in [9.17, 15) is 30.8 Å². The van der Waals surface area contributed by atoms with Gasteiger partial charge in [-0.15, -0.1) is 0 Å². The fraction of sp³-hybridized carbons (Fsp3) is 0.316. The number of methoxy groups -OCH3 is 1. The van der Waals surface area contributed by atoms with Crippen molar-refractivity contribution in [2.24, 2.45) is 0 Å². The van der Waals surface area contributed by atoms with Crippen LogP contribution in [0, 0.1) is 5.82 Å². The summed E-state index contributed by atoms with van der Waals surface area (Å²) >= 11 is 0. The summed E-state index contributed by atoms with van der Waals surface area (Å²) in [7, 11) is -2.64. The predicted octanol–water partition coefficient (Wildman–Crippen LogP) is 3.59. The molecule has 0 heterocycles. The van der Waals surface area contributed by atoms with E-state index >= 15 is 0 Å². The van der Waals surface area contributed by atoms with Crippen molar-refractivity contribution in [3.8, 4) is 5.75 Å². The molecule has 1 saturated carbocycles. The number of alkyl halides is 3. The fourth-order valence-corrected chi connectivity index (χ4v) is 4.97. The molecule has 3 rings (SSSR count). The van der Waals surface area contributed by atoms with Crippen molar-refractivity contribution in [2.45, 2.75) is 35.2 Å². The van der Waals surface area contributed by atoms with Crippen LogP contribution in [-0.2, 0) is 16.0 Å². The molecule has 0 atom stereocenters. The highest BCUT2D eigenvalue weighted by Crippen LogP contribution is 2.35. The average molecular weight is 431 g/mol. The van der Waals surface area contributed by atoms with Crippen LogP contribution >= 0.6 is 0 Å². The van der Waals surface area contributed by atoms with Crippen molar-refractivity contribution in [1.82, 2.24) is 5.32 Å². The van der Waals surface area contributed by atoms with E-state index in [1.807, 2.05) is 0 Å². The summed E-state index contributed by atoms with van der Waals surface area (Å²) in [5.41, 5.74) is -1.02.